The molecule has 0 saturated heterocycles. The van der Waals surface area contributed by atoms with E-state index in [0.29, 0.717) is 11.3 Å². The fourth-order valence-electron chi connectivity index (χ4n) is 3.92. The Bertz CT molecular complexity index is 846. The van der Waals surface area contributed by atoms with Crippen molar-refractivity contribution in [2.24, 2.45) is 0 Å². The molecule has 0 spiro atoms. The third-order valence-corrected chi connectivity index (χ3v) is 5.36. The number of carbonyl (C=O) groups is 1. The van der Waals surface area contributed by atoms with E-state index < -0.39 is 0 Å². The van der Waals surface area contributed by atoms with Crippen LogP contribution in [0.15, 0.2) is 21.6 Å². The Morgan fingerprint density at radius 2 is 2.08 bits per heavy atom. The lowest BCUT2D eigenvalue weighted by Gasteiger charge is -2.29. The van der Waals surface area contributed by atoms with Crippen LogP contribution < -0.4 is 10.9 Å². The van der Waals surface area contributed by atoms with Gasteiger partial charge in [0.25, 0.3) is 11.5 Å². The molecule has 1 amide bonds. The predicted octanol–water partition coefficient (Wildman–Crippen LogP) is 1.94. The summed E-state index contributed by atoms with van der Waals surface area (Å²) in [5.74, 6) is 0.384. The number of aryl methyl sites for hydroxylation is 3. The second-order valence-electron chi connectivity index (χ2n) is 7.03. The molecule has 2 aliphatic rings. The molecule has 1 N–H and O–H groups in total. The van der Waals surface area contributed by atoms with Gasteiger partial charge in [-0.2, -0.15) is 5.10 Å². The van der Waals surface area contributed by atoms with Gasteiger partial charge in [0.05, 0.1) is 17.9 Å². The molecule has 0 atom stereocenters. The Balaban J connectivity index is 1.40. The van der Waals surface area contributed by atoms with Crippen LogP contribution in [-0.4, -0.2) is 26.9 Å². The first kappa shape index (κ1) is 16.1. The van der Waals surface area contributed by atoms with E-state index in [1.165, 1.54) is 6.20 Å². The standard InChI is InChI=1S/C18H22N4O3/c1-11-15(10-19-25-11)18(24)20-13-5-7-14(8-6-13)22-17(23)9-12-3-2-4-16(12)21-22/h9-10,13-14H,2-8H2,1H3,(H,20,24). The Morgan fingerprint density at radius 1 is 1.28 bits per heavy atom. The second-order valence-corrected chi connectivity index (χ2v) is 7.03. The van der Waals surface area contributed by atoms with Gasteiger partial charge in [-0.05, 0) is 57.4 Å². The molecule has 0 aliphatic heterocycles. The van der Waals surface area contributed by atoms with E-state index in [4.69, 9.17) is 4.52 Å². The monoisotopic (exact) mass is 342 g/mol. The van der Waals surface area contributed by atoms with Crippen LogP contribution in [0, 0.1) is 6.92 Å². The van der Waals surface area contributed by atoms with Crippen molar-refractivity contribution in [1.29, 1.82) is 0 Å². The lowest BCUT2D eigenvalue weighted by Crippen LogP contribution is -2.39. The van der Waals surface area contributed by atoms with Gasteiger partial charge in [-0.3, -0.25) is 9.59 Å². The molecule has 0 unspecified atom stereocenters. The van der Waals surface area contributed by atoms with E-state index in [1.807, 2.05) is 0 Å². The van der Waals surface area contributed by atoms with Crippen molar-refractivity contribution in [3.05, 3.63) is 45.2 Å². The average Bonchev–Trinajstić information content (AvgIpc) is 3.23. The molecule has 25 heavy (non-hydrogen) atoms. The van der Waals surface area contributed by atoms with Crippen molar-refractivity contribution in [3.63, 3.8) is 0 Å². The first-order valence-electron chi connectivity index (χ1n) is 8.95. The lowest BCUT2D eigenvalue weighted by molar-refractivity contribution is 0.0919. The number of amides is 1. The number of nitrogens with one attached hydrogen (secondary N) is 1. The molecule has 0 bridgehead atoms. The van der Waals surface area contributed by atoms with Gasteiger partial charge < -0.3 is 9.84 Å². The molecule has 132 valence electrons. The zero-order chi connectivity index (χ0) is 17.4. The number of carbonyl (C=O) groups excluding carboxylic acids is 1. The maximum atomic E-state index is 12.3. The number of rotatable bonds is 3. The third kappa shape index (κ3) is 3.10. The summed E-state index contributed by atoms with van der Waals surface area (Å²) in [6, 6.07) is 2.00. The summed E-state index contributed by atoms with van der Waals surface area (Å²) in [6.07, 6.45) is 7.85. The molecule has 0 aromatic carbocycles. The number of fused-ring (bicyclic) bond motifs is 1. The zero-order valence-electron chi connectivity index (χ0n) is 14.3. The summed E-state index contributed by atoms with van der Waals surface area (Å²) in [6.45, 7) is 1.73. The molecule has 2 heterocycles. The van der Waals surface area contributed by atoms with Crippen LogP contribution in [0.5, 0.6) is 0 Å². The van der Waals surface area contributed by atoms with E-state index in [2.05, 4.69) is 15.6 Å². The zero-order valence-corrected chi connectivity index (χ0v) is 14.3. The summed E-state index contributed by atoms with van der Waals surface area (Å²) in [5.41, 5.74) is 2.69. The first-order chi connectivity index (χ1) is 12.1. The number of hydrogen-bond donors (Lipinski definition) is 1. The fraction of sp³-hybridized carbons (Fsp3) is 0.556. The maximum absolute atomic E-state index is 12.3. The van der Waals surface area contributed by atoms with Crippen LogP contribution in [0.25, 0.3) is 0 Å². The lowest BCUT2D eigenvalue weighted by atomic mass is 9.91. The van der Waals surface area contributed by atoms with Crippen LogP contribution in [0.1, 0.15) is 65.5 Å². The van der Waals surface area contributed by atoms with Crippen molar-refractivity contribution in [3.8, 4) is 0 Å². The number of nitrogens with zero attached hydrogens (tertiary/aromatic N) is 3. The fourth-order valence-corrected chi connectivity index (χ4v) is 3.92. The van der Waals surface area contributed by atoms with Crippen LogP contribution >= 0.6 is 0 Å². The highest BCUT2D eigenvalue weighted by molar-refractivity contribution is 5.94. The Morgan fingerprint density at radius 3 is 2.80 bits per heavy atom. The summed E-state index contributed by atoms with van der Waals surface area (Å²) in [4.78, 5) is 24.6. The minimum absolute atomic E-state index is 0.00762. The van der Waals surface area contributed by atoms with E-state index in [9.17, 15) is 9.59 Å². The van der Waals surface area contributed by atoms with Gasteiger partial charge in [-0.15, -0.1) is 0 Å². The van der Waals surface area contributed by atoms with Crippen molar-refractivity contribution >= 4 is 5.91 Å². The topological polar surface area (TPSA) is 90.0 Å². The number of aromatic nitrogens is 3. The third-order valence-electron chi connectivity index (χ3n) is 5.36. The van der Waals surface area contributed by atoms with E-state index in [0.717, 1.165) is 56.2 Å². The Labute approximate surface area is 145 Å². The SMILES string of the molecule is Cc1oncc1C(=O)NC1CCC(n2nc3c(cc2=O)CCC3)CC1. The first-order valence-corrected chi connectivity index (χ1v) is 8.95. The molecule has 7 nitrogen and oxygen atoms in total. The molecule has 1 fully saturated rings. The second kappa shape index (κ2) is 6.46. The summed E-state index contributed by atoms with van der Waals surface area (Å²) >= 11 is 0. The van der Waals surface area contributed by atoms with E-state index in [-0.39, 0.29) is 23.6 Å². The molecule has 0 radical (unpaired) electrons. The van der Waals surface area contributed by atoms with Crippen LogP contribution in [0.2, 0.25) is 0 Å². The maximum Gasteiger partial charge on any atom is 0.267 e. The van der Waals surface area contributed by atoms with Gasteiger partial charge in [0.1, 0.15) is 11.3 Å². The molecule has 4 rings (SSSR count). The van der Waals surface area contributed by atoms with Gasteiger partial charge in [-0.25, -0.2) is 4.68 Å². The normalized spacial score (nSPS) is 22.6. The average molecular weight is 342 g/mol. The molecule has 7 heteroatoms. The highest BCUT2D eigenvalue weighted by atomic mass is 16.5. The van der Waals surface area contributed by atoms with Gasteiger partial charge in [-0.1, -0.05) is 5.16 Å². The summed E-state index contributed by atoms with van der Waals surface area (Å²) < 4.78 is 6.62. The minimum atomic E-state index is -0.143. The van der Waals surface area contributed by atoms with Crippen LogP contribution in [0.4, 0.5) is 0 Å². The van der Waals surface area contributed by atoms with Crippen molar-refractivity contribution in [2.75, 3.05) is 0 Å². The van der Waals surface area contributed by atoms with Crippen molar-refractivity contribution in [2.45, 2.75) is 64.0 Å². The highest BCUT2D eigenvalue weighted by Gasteiger charge is 2.27. The Kier molecular flexibility index (Phi) is 4.15. The highest BCUT2D eigenvalue weighted by Crippen LogP contribution is 2.28. The van der Waals surface area contributed by atoms with Crippen molar-refractivity contribution in [1.82, 2.24) is 20.3 Å². The molecule has 2 aliphatic carbocycles. The van der Waals surface area contributed by atoms with E-state index in [1.54, 1.807) is 17.7 Å². The molecular weight excluding hydrogens is 320 g/mol. The molecule has 2 aromatic rings. The molecule has 1 saturated carbocycles. The van der Waals surface area contributed by atoms with Gasteiger partial charge in [0, 0.05) is 12.1 Å². The quantitative estimate of drug-likeness (QED) is 0.921. The predicted molar refractivity (Wildman–Crippen MR) is 90.5 cm³/mol. The van der Waals surface area contributed by atoms with Gasteiger partial charge >= 0.3 is 0 Å². The summed E-state index contributed by atoms with van der Waals surface area (Å²) in [7, 11) is 0. The van der Waals surface area contributed by atoms with Crippen LogP contribution in [0.3, 0.4) is 0 Å². The van der Waals surface area contributed by atoms with E-state index >= 15 is 0 Å². The smallest absolute Gasteiger partial charge is 0.267 e. The largest absolute Gasteiger partial charge is 0.361 e. The summed E-state index contributed by atoms with van der Waals surface area (Å²) in [5, 5.41) is 11.3. The number of hydrogen-bond acceptors (Lipinski definition) is 5. The minimum Gasteiger partial charge on any atom is -0.361 e. The van der Waals surface area contributed by atoms with Crippen molar-refractivity contribution < 1.29 is 9.32 Å². The van der Waals surface area contributed by atoms with Crippen LogP contribution in [-0.2, 0) is 12.8 Å². The van der Waals surface area contributed by atoms with Gasteiger partial charge in [0.2, 0.25) is 0 Å². The molecule has 2 aromatic heterocycles. The Hall–Kier alpha value is -2.44. The molecular formula is C18H22N4O3. The van der Waals surface area contributed by atoms with Gasteiger partial charge in [0.15, 0.2) is 0 Å².